The highest BCUT2D eigenvalue weighted by molar-refractivity contribution is 5.74. The number of phenolic OH excluding ortho intramolecular Hbond substituents is 1. The van der Waals surface area contributed by atoms with E-state index in [-0.39, 0.29) is 17.3 Å². The molecule has 0 spiro atoms. The molecule has 1 aromatic carbocycles. The standard InChI is InChI=1S/C24H31F3N4O3/c1-4-6-7-9-16(5-2)29-23-20(15-28)18(10-8-13-33-3)22(30-31-23)19-12-11-17(14-21(19)32)34-24(25,26)27/h11-12,14,16,32H,4-10,13H2,1-3H3,(H,29,31). The van der Waals surface area contributed by atoms with Crippen LogP contribution in [0.2, 0.25) is 0 Å². The molecular formula is C24H31F3N4O3. The van der Waals surface area contributed by atoms with Crippen LogP contribution in [0.4, 0.5) is 19.0 Å². The zero-order chi connectivity index (χ0) is 25.1. The molecular weight excluding hydrogens is 449 g/mol. The third-order valence-electron chi connectivity index (χ3n) is 5.41. The molecule has 7 nitrogen and oxygen atoms in total. The molecule has 2 rings (SSSR count). The van der Waals surface area contributed by atoms with E-state index in [2.05, 4.69) is 40.2 Å². The summed E-state index contributed by atoms with van der Waals surface area (Å²) in [5.74, 6) is -0.655. The largest absolute Gasteiger partial charge is 0.573 e. The van der Waals surface area contributed by atoms with E-state index in [1.54, 1.807) is 7.11 Å². The summed E-state index contributed by atoms with van der Waals surface area (Å²) in [4.78, 5) is 0. The van der Waals surface area contributed by atoms with Gasteiger partial charge < -0.3 is 19.9 Å². The number of nitrogens with zero attached hydrogens (tertiary/aromatic N) is 3. The van der Waals surface area contributed by atoms with Crippen LogP contribution in [0.15, 0.2) is 18.2 Å². The highest BCUT2D eigenvalue weighted by Gasteiger charge is 2.31. The van der Waals surface area contributed by atoms with Crippen LogP contribution >= 0.6 is 0 Å². The number of benzene rings is 1. The fraction of sp³-hybridized carbons (Fsp3) is 0.542. The molecule has 2 N–H and O–H groups in total. The molecule has 1 atom stereocenters. The number of rotatable bonds is 13. The van der Waals surface area contributed by atoms with Crippen molar-refractivity contribution < 1.29 is 27.8 Å². The Labute approximate surface area is 197 Å². The lowest BCUT2D eigenvalue weighted by molar-refractivity contribution is -0.274. The van der Waals surface area contributed by atoms with Gasteiger partial charge in [0.15, 0.2) is 5.82 Å². The Bertz CT molecular complexity index is 977. The van der Waals surface area contributed by atoms with Crippen molar-refractivity contribution in [2.45, 2.75) is 71.2 Å². The third kappa shape index (κ3) is 7.76. The Hall–Kier alpha value is -3.06. The predicted octanol–water partition coefficient (Wildman–Crippen LogP) is 5.97. The van der Waals surface area contributed by atoms with Crippen molar-refractivity contribution in [1.82, 2.24) is 10.2 Å². The van der Waals surface area contributed by atoms with Gasteiger partial charge >= 0.3 is 6.36 Å². The van der Waals surface area contributed by atoms with Gasteiger partial charge in [-0.2, -0.15) is 5.26 Å². The number of halogens is 3. The van der Waals surface area contributed by atoms with Crippen molar-refractivity contribution in [2.75, 3.05) is 19.0 Å². The molecule has 186 valence electrons. The van der Waals surface area contributed by atoms with Gasteiger partial charge in [-0.1, -0.05) is 33.1 Å². The number of methoxy groups -OCH3 is 1. The van der Waals surface area contributed by atoms with Crippen LogP contribution in [0.5, 0.6) is 11.5 Å². The van der Waals surface area contributed by atoms with Crippen LogP contribution in [0.3, 0.4) is 0 Å². The maximum Gasteiger partial charge on any atom is 0.573 e. The predicted molar refractivity (Wildman–Crippen MR) is 123 cm³/mol. The Morgan fingerprint density at radius 3 is 2.53 bits per heavy atom. The molecule has 1 unspecified atom stereocenters. The van der Waals surface area contributed by atoms with Crippen LogP contribution in [0, 0.1) is 11.3 Å². The molecule has 0 fully saturated rings. The average Bonchev–Trinajstić information content (AvgIpc) is 2.78. The molecule has 1 aromatic heterocycles. The smallest absolute Gasteiger partial charge is 0.507 e. The number of phenols is 1. The Morgan fingerprint density at radius 2 is 1.94 bits per heavy atom. The number of hydrogen-bond donors (Lipinski definition) is 2. The molecule has 34 heavy (non-hydrogen) atoms. The van der Waals surface area contributed by atoms with Gasteiger partial charge in [-0.05, 0) is 37.8 Å². The topological polar surface area (TPSA) is 100 Å². The molecule has 0 aliphatic carbocycles. The van der Waals surface area contributed by atoms with E-state index >= 15 is 0 Å². The van der Waals surface area contributed by atoms with Gasteiger partial charge in [-0.3, -0.25) is 0 Å². The number of nitriles is 1. The number of alkyl halides is 3. The molecule has 0 saturated carbocycles. The third-order valence-corrected chi connectivity index (χ3v) is 5.41. The lowest BCUT2D eigenvalue weighted by Crippen LogP contribution is -2.21. The minimum atomic E-state index is -4.88. The molecule has 0 saturated heterocycles. The van der Waals surface area contributed by atoms with Crippen LogP contribution in [-0.4, -0.2) is 41.4 Å². The first kappa shape index (κ1) is 27.2. The molecule has 10 heteroatoms. The maximum atomic E-state index is 12.5. The number of hydrogen-bond acceptors (Lipinski definition) is 7. The molecule has 0 aliphatic heterocycles. The average molecular weight is 481 g/mol. The summed E-state index contributed by atoms with van der Waals surface area (Å²) in [6, 6.07) is 5.54. The number of nitrogens with one attached hydrogen (secondary N) is 1. The van der Waals surface area contributed by atoms with Gasteiger partial charge in [0.2, 0.25) is 0 Å². The second kappa shape index (κ2) is 13.0. The normalized spacial score (nSPS) is 12.3. The molecule has 0 amide bonds. The van der Waals surface area contributed by atoms with Gasteiger partial charge in [0.25, 0.3) is 0 Å². The van der Waals surface area contributed by atoms with Gasteiger partial charge in [0, 0.05) is 37.0 Å². The maximum absolute atomic E-state index is 12.5. The zero-order valence-electron chi connectivity index (χ0n) is 19.7. The van der Waals surface area contributed by atoms with Crippen molar-refractivity contribution in [1.29, 1.82) is 5.26 Å². The highest BCUT2D eigenvalue weighted by Crippen LogP contribution is 2.37. The summed E-state index contributed by atoms with van der Waals surface area (Å²) >= 11 is 0. The molecule has 0 bridgehead atoms. The molecule has 0 aliphatic rings. The van der Waals surface area contributed by atoms with Gasteiger partial charge in [0.05, 0.1) is 0 Å². The van der Waals surface area contributed by atoms with Gasteiger partial charge in [-0.25, -0.2) is 0 Å². The highest BCUT2D eigenvalue weighted by atomic mass is 19.4. The fourth-order valence-corrected chi connectivity index (χ4v) is 3.67. The van der Waals surface area contributed by atoms with E-state index in [1.165, 1.54) is 6.07 Å². The van der Waals surface area contributed by atoms with E-state index in [1.807, 2.05) is 0 Å². The second-order valence-corrected chi connectivity index (χ2v) is 7.93. The summed E-state index contributed by atoms with van der Waals surface area (Å²) < 4.78 is 46.6. The number of anilines is 1. The zero-order valence-corrected chi connectivity index (χ0v) is 19.7. The molecule has 1 heterocycles. The van der Waals surface area contributed by atoms with E-state index in [0.29, 0.717) is 36.4 Å². The van der Waals surface area contributed by atoms with Crippen LogP contribution in [-0.2, 0) is 11.2 Å². The van der Waals surface area contributed by atoms with Crippen LogP contribution < -0.4 is 10.1 Å². The van der Waals surface area contributed by atoms with Crippen LogP contribution in [0.25, 0.3) is 11.3 Å². The van der Waals surface area contributed by atoms with Crippen molar-refractivity contribution in [3.8, 4) is 28.8 Å². The summed E-state index contributed by atoms with van der Waals surface area (Å²) in [6.07, 6.45) is 1.15. The summed E-state index contributed by atoms with van der Waals surface area (Å²) in [7, 11) is 1.57. The van der Waals surface area contributed by atoms with E-state index in [0.717, 1.165) is 44.2 Å². The van der Waals surface area contributed by atoms with Crippen molar-refractivity contribution in [3.05, 3.63) is 29.3 Å². The van der Waals surface area contributed by atoms with Crippen molar-refractivity contribution >= 4 is 5.82 Å². The van der Waals surface area contributed by atoms with E-state index < -0.39 is 17.9 Å². The minimum Gasteiger partial charge on any atom is -0.507 e. The second-order valence-electron chi connectivity index (χ2n) is 7.93. The van der Waals surface area contributed by atoms with Crippen molar-refractivity contribution in [3.63, 3.8) is 0 Å². The van der Waals surface area contributed by atoms with Gasteiger partial charge in [0.1, 0.15) is 28.8 Å². The van der Waals surface area contributed by atoms with Crippen LogP contribution in [0.1, 0.15) is 63.5 Å². The Morgan fingerprint density at radius 1 is 1.18 bits per heavy atom. The quantitative estimate of drug-likeness (QED) is 0.341. The number of aromatic nitrogens is 2. The van der Waals surface area contributed by atoms with Gasteiger partial charge in [-0.15, -0.1) is 23.4 Å². The van der Waals surface area contributed by atoms with E-state index in [9.17, 15) is 23.5 Å². The fourth-order valence-electron chi connectivity index (χ4n) is 3.67. The summed E-state index contributed by atoms with van der Waals surface area (Å²) in [6.45, 7) is 4.63. The lowest BCUT2D eigenvalue weighted by atomic mass is 9.97. The Balaban J connectivity index is 2.47. The minimum absolute atomic E-state index is 0.123. The number of ether oxygens (including phenoxy) is 2. The molecule has 2 aromatic rings. The van der Waals surface area contributed by atoms with Crippen molar-refractivity contribution in [2.24, 2.45) is 0 Å². The lowest BCUT2D eigenvalue weighted by Gasteiger charge is -2.20. The SMILES string of the molecule is CCCCCC(CC)Nc1nnc(-c2ccc(OC(F)(F)F)cc2O)c(CCCOC)c1C#N. The first-order chi connectivity index (χ1) is 16.2. The summed E-state index contributed by atoms with van der Waals surface area (Å²) in [5, 5.41) is 32.2. The number of unbranched alkanes of at least 4 members (excludes halogenated alkanes) is 2. The first-order valence-electron chi connectivity index (χ1n) is 11.4. The monoisotopic (exact) mass is 480 g/mol. The first-order valence-corrected chi connectivity index (χ1v) is 11.4. The van der Waals surface area contributed by atoms with E-state index in [4.69, 9.17) is 4.74 Å². The molecule has 0 radical (unpaired) electrons. The Kier molecular flexibility index (Phi) is 10.4. The number of aromatic hydroxyl groups is 1. The summed E-state index contributed by atoms with van der Waals surface area (Å²) in [5.41, 5.74) is 1.23.